The molecule has 0 aliphatic carbocycles. The third kappa shape index (κ3) is 4.75. The standard InChI is InChI=1S/C16H17FN2O2S/c1-22-14-4-2-3-13(9-14)19-16(21)18-10-15(20)11-5-7-12(17)8-6-11/h2-9,15,20H,10H2,1H3,(H2,18,19,21). The van der Waals surface area contributed by atoms with Crippen LogP contribution in [-0.4, -0.2) is 23.9 Å². The Morgan fingerprint density at radius 2 is 2.00 bits per heavy atom. The van der Waals surface area contributed by atoms with Crippen LogP contribution in [0.1, 0.15) is 11.7 Å². The lowest BCUT2D eigenvalue weighted by Gasteiger charge is -2.13. The first-order valence-corrected chi connectivity index (χ1v) is 7.93. The van der Waals surface area contributed by atoms with Gasteiger partial charge in [-0.15, -0.1) is 11.8 Å². The van der Waals surface area contributed by atoms with E-state index in [1.54, 1.807) is 17.8 Å². The van der Waals surface area contributed by atoms with Crippen LogP contribution in [0.15, 0.2) is 53.4 Å². The number of aliphatic hydroxyl groups is 1. The third-order valence-corrected chi connectivity index (χ3v) is 3.76. The van der Waals surface area contributed by atoms with Gasteiger partial charge in [0, 0.05) is 17.1 Å². The first-order chi connectivity index (χ1) is 10.6. The van der Waals surface area contributed by atoms with Crippen molar-refractivity contribution in [3.63, 3.8) is 0 Å². The second-order valence-corrected chi connectivity index (χ2v) is 5.51. The Bertz CT molecular complexity index is 634. The topological polar surface area (TPSA) is 61.4 Å². The molecular formula is C16H17FN2O2S. The maximum absolute atomic E-state index is 12.8. The predicted octanol–water partition coefficient (Wildman–Crippen LogP) is 3.40. The minimum absolute atomic E-state index is 0.0414. The highest BCUT2D eigenvalue weighted by Gasteiger charge is 2.09. The van der Waals surface area contributed by atoms with E-state index in [1.165, 1.54) is 24.3 Å². The van der Waals surface area contributed by atoms with E-state index in [9.17, 15) is 14.3 Å². The molecule has 0 radical (unpaired) electrons. The van der Waals surface area contributed by atoms with Crippen molar-refractivity contribution < 1.29 is 14.3 Å². The number of rotatable bonds is 5. The molecule has 0 saturated heterocycles. The normalized spacial score (nSPS) is 11.8. The number of nitrogens with one attached hydrogen (secondary N) is 2. The van der Waals surface area contributed by atoms with Crippen molar-refractivity contribution in [2.45, 2.75) is 11.0 Å². The SMILES string of the molecule is CSc1cccc(NC(=O)NCC(O)c2ccc(F)cc2)c1. The van der Waals surface area contributed by atoms with E-state index in [1.807, 2.05) is 24.5 Å². The van der Waals surface area contributed by atoms with Crippen LogP contribution in [0.3, 0.4) is 0 Å². The number of hydrogen-bond acceptors (Lipinski definition) is 3. The molecule has 116 valence electrons. The summed E-state index contributed by atoms with van der Waals surface area (Å²) in [6.45, 7) is 0.0414. The van der Waals surface area contributed by atoms with E-state index in [0.29, 0.717) is 11.3 Å². The Morgan fingerprint density at radius 1 is 1.27 bits per heavy atom. The zero-order valence-corrected chi connectivity index (χ0v) is 12.9. The summed E-state index contributed by atoms with van der Waals surface area (Å²) < 4.78 is 12.8. The van der Waals surface area contributed by atoms with Crippen molar-refractivity contribution in [1.29, 1.82) is 0 Å². The van der Waals surface area contributed by atoms with Gasteiger partial charge in [0.2, 0.25) is 0 Å². The van der Waals surface area contributed by atoms with Gasteiger partial charge in [-0.1, -0.05) is 18.2 Å². The van der Waals surface area contributed by atoms with Gasteiger partial charge in [0.05, 0.1) is 6.10 Å². The van der Waals surface area contributed by atoms with Crippen molar-refractivity contribution in [2.24, 2.45) is 0 Å². The van der Waals surface area contributed by atoms with Crippen LogP contribution in [0.5, 0.6) is 0 Å². The molecule has 0 saturated carbocycles. The van der Waals surface area contributed by atoms with Gasteiger partial charge >= 0.3 is 6.03 Å². The van der Waals surface area contributed by atoms with E-state index in [-0.39, 0.29) is 12.4 Å². The summed E-state index contributed by atoms with van der Waals surface area (Å²) in [5.74, 6) is -0.365. The number of urea groups is 1. The summed E-state index contributed by atoms with van der Waals surface area (Å²) in [5.41, 5.74) is 1.23. The molecule has 22 heavy (non-hydrogen) atoms. The van der Waals surface area contributed by atoms with Gasteiger partial charge in [-0.05, 0) is 42.2 Å². The summed E-state index contributed by atoms with van der Waals surface area (Å²) >= 11 is 1.58. The number of carbonyl (C=O) groups is 1. The van der Waals surface area contributed by atoms with Crippen LogP contribution in [0.2, 0.25) is 0 Å². The highest BCUT2D eigenvalue weighted by Crippen LogP contribution is 2.19. The molecule has 0 spiro atoms. The molecule has 3 N–H and O–H groups in total. The first kappa shape index (κ1) is 16.3. The minimum Gasteiger partial charge on any atom is -0.387 e. The molecule has 0 aliphatic heterocycles. The van der Waals surface area contributed by atoms with Crippen LogP contribution >= 0.6 is 11.8 Å². The molecule has 1 unspecified atom stereocenters. The van der Waals surface area contributed by atoms with Crippen molar-refractivity contribution in [3.05, 3.63) is 59.9 Å². The molecule has 0 aromatic heterocycles. The number of hydrogen-bond donors (Lipinski definition) is 3. The van der Waals surface area contributed by atoms with Crippen molar-refractivity contribution in [2.75, 3.05) is 18.1 Å². The fourth-order valence-corrected chi connectivity index (χ4v) is 2.33. The van der Waals surface area contributed by atoms with Crippen molar-refractivity contribution in [1.82, 2.24) is 5.32 Å². The fraction of sp³-hybridized carbons (Fsp3) is 0.188. The maximum atomic E-state index is 12.8. The maximum Gasteiger partial charge on any atom is 0.319 e. The Morgan fingerprint density at radius 3 is 2.68 bits per heavy atom. The molecule has 2 aromatic carbocycles. The Kier molecular flexibility index (Phi) is 5.80. The Balaban J connectivity index is 1.85. The second kappa shape index (κ2) is 7.82. The third-order valence-electron chi connectivity index (χ3n) is 3.04. The molecule has 0 heterocycles. The van der Waals surface area contributed by atoms with Crippen molar-refractivity contribution in [3.8, 4) is 0 Å². The van der Waals surface area contributed by atoms with Gasteiger partial charge in [-0.25, -0.2) is 9.18 Å². The quantitative estimate of drug-likeness (QED) is 0.740. The van der Waals surface area contributed by atoms with Crippen LogP contribution < -0.4 is 10.6 Å². The summed E-state index contributed by atoms with van der Waals surface area (Å²) in [5, 5.41) is 15.2. The lowest BCUT2D eigenvalue weighted by atomic mass is 10.1. The number of carbonyl (C=O) groups excluding carboxylic acids is 1. The largest absolute Gasteiger partial charge is 0.387 e. The average molecular weight is 320 g/mol. The molecular weight excluding hydrogens is 303 g/mol. The molecule has 2 rings (SSSR count). The van der Waals surface area contributed by atoms with E-state index in [2.05, 4.69) is 10.6 Å². The smallest absolute Gasteiger partial charge is 0.319 e. The average Bonchev–Trinajstić information content (AvgIpc) is 2.53. The van der Waals surface area contributed by atoms with E-state index in [0.717, 1.165) is 4.90 Å². The van der Waals surface area contributed by atoms with Gasteiger partial charge in [-0.3, -0.25) is 0 Å². The fourth-order valence-electron chi connectivity index (χ4n) is 1.87. The van der Waals surface area contributed by atoms with Gasteiger partial charge in [0.15, 0.2) is 0 Å². The predicted molar refractivity (Wildman–Crippen MR) is 86.6 cm³/mol. The molecule has 0 fully saturated rings. The lowest BCUT2D eigenvalue weighted by Crippen LogP contribution is -2.32. The lowest BCUT2D eigenvalue weighted by molar-refractivity contribution is 0.175. The Labute approximate surface area is 132 Å². The van der Waals surface area contributed by atoms with Crippen LogP contribution in [0.4, 0.5) is 14.9 Å². The highest BCUT2D eigenvalue weighted by atomic mass is 32.2. The van der Waals surface area contributed by atoms with Crippen LogP contribution in [0.25, 0.3) is 0 Å². The number of halogens is 1. The van der Waals surface area contributed by atoms with E-state index in [4.69, 9.17) is 0 Å². The number of thioether (sulfide) groups is 1. The monoisotopic (exact) mass is 320 g/mol. The van der Waals surface area contributed by atoms with Crippen LogP contribution in [0, 0.1) is 5.82 Å². The summed E-state index contributed by atoms with van der Waals surface area (Å²) in [6, 6.07) is 12.6. The summed E-state index contributed by atoms with van der Waals surface area (Å²) in [6.07, 6.45) is 1.07. The Hall–Kier alpha value is -2.05. The number of amides is 2. The molecule has 1 atom stereocenters. The molecule has 0 bridgehead atoms. The number of anilines is 1. The minimum atomic E-state index is -0.885. The molecule has 6 heteroatoms. The number of aliphatic hydroxyl groups excluding tert-OH is 1. The van der Waals surface area contributed by atoms with Crippen molar-refractivity contribution >= 4 is 23.5 Å². The summed E-state index contributed by atoms with van der Waals surface area (Å²) in [4.78, 5) is 12.8. The van der Waals surface area contributed by atoms with Gasteiger partial charge in [0.1, 0.15) is 5.82 Å². The summed E-state index contributed by atoms with van der Waals surface area (Å²) in [7, 11) is 0. The molecule has 4 nitrogen and oxygen atoms in total. The van der Waals surface area contributed by atoms with Crippen LogP contribution in [-0.2, 0) is 0 Å². The highest BCUT2D eigenvalue weighted by molar-refractivity contribution is 7.98. The zero-order valence-electron chi connectivity index (χ0n) is 12.0. The van der Waals surface area contributed by atoms with E-state index < -0.39 is 12.1 Å². The number of benzene rings is 2. The zero-order chi connectivity index (χ0) is 15.9. The second-order valence-electron chi connectivity index (χ2n) is 4.63. The van der Waals surface area contributed by atoms with Gasteiger partial charge in [0.25, 0.3) is 0 Å². The molecule has 0 aliphatic rings. The van der Waals surface area contributed by atoms with Gasteiger partial charge < -0.3 is 15.7 Å². The molecule has 2 amide bonds. The first-order valence-electron chi connectivity index (χ1n) is 6.71. The van der Waals surface area contributed by atoms with Gasteiger partial charge in [-0.2, -0.15) is 0 Å². The van der Waals surface area contributed by atoms with E-state index >= 15 is 0 Å². The molecule has 2 aromatic rings.